The van der Waals surface area contributed by atoms with Crippen LogP contribution in [0.4, 0.5) is 0 Å². The fourth-order valence-electron chi connectivity index (χ4n) is 3.39. The van der Waals surface area contributed by atoms with E-state index in [1.165, 1.54) is 19.3 Å². The maximum atomic E-state index is 12.5. The summed E-state index contributed by atoms with van der Waals surface area (Å²) in [5, 5.41) is 3.10. The van der Waals surface area contributed by atoms with Gasteiger partial charge in [0.05, 0.1) is 19.4 Å². The predicted octanol–water partition coefficient (Wildman–Crippen LogP) is 2.90. The summed E-state index contributed by atoms with van der Waals surface area (Å²) >= 11 is 0. The molecule has 1 unspecified atom stereocenters. The number of methoxy groups -OCH3 is 1. The first-order chi connectivity index (χ1) is 12.4. The number of hydrogen-bond acceptors (Lipinski definition) is 4. The van der Waals surface area contributed by atoms with Crippen LogP contribution < -0.4 is 14.8 Å². The molecule has 146 valence electrons. The van der Waals surface area contributed by atoms with Crippen molar-refractivity contribution in [1.82, 2.24) is 10.0 Å². The zero-order valence-corrected chi connectivity index (χ0v) is 16.5. The van der Waals surface area contributed by atoms with E-state index in [9.17, 15) is 13.2 Å². The van der Waals surface area contributed by atoms with Crippen LogP contribution in [0.25, 0.3) is 0 Å². The minimum Gasteiger partial charge on any atom is -0.497 e. The number of nitrogens with one attached hydrogen (secondary N) is 2. The van der Waals surface area contributed by atoms with Crippen LogP contribution in [0.2, 0.25) is 0 Å². The number of ether oxygens (including phenoxy) is 1. The quantitative estimate of drug-likeness (QED) is 0.759. The van der Waals surface area contributed by atoms with Gasteiger partial charge in [-0.05, 0) is 30.5 Å². The van der Waals surface area contributed by atoms with Crippen molar-refractivity contribution in [3.8, 4) is 5.75 Å². The molecule has 1 aliphatic rings. The molecule has 1 atom stereocenters. The summed E-state index contributed by atoms with van der Waals surface area (Å²) in [4.78, 5) is 12.5. The van der Waals surface area contributed by atoms with Gasteiger partial charge in [-0.2, -0.15) is 0 Å². The number of sulfonamides is 1. The molecule has 0 aromatic heterocycles. The molecule has 2 N–H and O–H groups in total. The van der Waals surface area contributed by atoms with Crippen LogP contribution in [0.1, 0.15) is 63.0 Å². The molecule has 1 fully saturated rings. The smallest absolute Gasteiger partial charge is 0.222 e. The number of carbonyl (C=O) groups is 1. The molecule has 0 bridgehead atoms. The highest BCUT2D eigenvalue weighted by atomic mass is 32.2. The maximum Gasteiger partial charge on any atom is 0.222 e. The highest BCUT2D eigenvalue weighted by molar-refractivity contribution is 7.88. The molecule has 26 heavy (non-hydrogen) atoms. The van der Waals surface area contributed by atoms with Gasteiger partial charge in [-0.1, -0.05) is 44.2 Å². The van der Waals surface area contributed by atoms with Gasteiger partial charge in [-0.3, -0.25) is 4.79 Å². The number of benzene rings is 1. The first kappa shape index (κ1) is 20.7. The second-order valence-corrected chi connectivity index (χ2v) is 8.81. The number of amides is 1. The Bertz CT molecular complexity index is 665. The largest absolute Gasteiger partial charge is 0.497 e. The van der Waals surface area contributed by atoms with Crippen molar-refractivity contribution < 1.29 is 17.9 Å². The van der Waals surface area contributed by atoms with E-state index in [1.54, 1.807) is 31.4 Å². The summed E-state index contributed by atoms with van der Waals surface area (Å²) in [5.41, 5.74) is 0.740. The third-order valence-electron chi connectivity index (χ3n) is 4.73. The van der Waals surface area contributed by atoms with Crippen LogP contribution in [0.5, 0.6) is 5.75 Å². The van der Waals surface area contributed by atoms with E-state index in [0.29, 0.717) is 5.75 Å². The van der Waals surface area contributed by atoms with Crippen LogP contribution >= 0.6 is 0 Å². The highest BCUT2D eigenvalue weighted by Gasteiger charge is 2.22. The fraction of sp³-hybridized carbons (Fsp3) is 0.632. The average molecular weight is 383 g/mol. The molecule has 6 nitrogen and oxygen atoms in total. The van der Waals surface area contributed by atoms with Gasteiger partial charge in [0.15, 0.2) is 0 Å². The molecule has 0 radical (unpaired) electrons. The minimum atomic E-state index is -3.44. The van der Waals surface area contributed by atoms with E-state index in [2.05, 4.69) is 10.0 Å². The molecule has 1 aliphatic carbocycles. The molecule has 0 aliphatic heterocycles. The monoisotopic (exact) mass is 382 g/mol. The van der Waals surface area contributed by atoms with Gasteiger partial charge in [0.25, 0.3) is 0 Å². The second-order valence-electron chi connectivity index (χ2n) is 7.03. The standard InChI is InChI=1S/C19H30N2O4S/c1-25-17-12-10-15(11-13-17)18(21-26(2,23)24)14-19(22)20-16-8-6-4-3-5-7-9-16/h10-13,16,18,21H,3-9,14H2,1-2H3,(H,20,22). The Morgan fingerprint density at radius 3 is 2.23 bits per heavy atom. The highest BCUT2D eigenvalue weighted by Crippen LogP contribution is 2.22. The summed E-state index contributed by atoms with van der Waals surface area (Å²) in [6, 6.07) is 6.69. The molecule has 2 rings (SSSR count). The number of carbonyl (C=O) groups excluding carboxylic acids is 1. The molecule has 0 saturated heterocycles. The lowest BCUT2D eigenvalue weighted by molar-refractivity contribution is -0.122. The van der Waals surface area contributed by atoms with Crippen molar-refractivity contribution in [2.75, 3.05) is 13.4 Å². The van der Waals surface area contributed by atoms with Crippen LogP contribution in [0.3, 0.4) is 0 Å². The zero-order chi connectivity index (χ0) is 19.0. The molecule has 1 amide bonds. The molecule has 0 heterocycles. The first-order valence-corrected chi connectivity index (χ1v) is 11.2. The Morgan fingerprint density at radius 2 is 1.69 bits per heavy atom. The lowest BCUT2D eigenvalue weighted by atomic mass is 9.96. The van der Waals surface area contributed by atoms with Gasteiger partial charge < -0.3 is 10.1 Å². The van der Waals surface area contributed by atoms with Crippen LogP contribution in [-0.2, 0) is 14.8 Å². The Hall–Kier alpha value is -1.60. The van der Waals surface area contributed by atoms with Gasteiger partial charge in [0.1, 0.15) is 5.75 Å². The summed E-state index contributed by atoms with van der Waals surface area (Å²) < 4.78 is 31.2. The summed E-state index contributed by atoms with van der Waals surface area (Å²) in [6.45, 7) is 0. The summed E-state index contributed by atoms with van der Waals surface area (Å²) in [7, 11) is -1.86. The van der Waals surface area contributed by atoms with Crippen molar-refractivity contribution in [2.24, 2.45) is 0 Å². The first-order valence-electron chi connectivity index (χ1n) is 9.28. The van der Waals surface area contributed by atoms with Crippen molar-refractivity contribution in [3.05, 3.63) is 29.8 Å². The average Bonchev–Trinajstić information content (AvgIpc) is 2.55. The van der Waals surface area contributed by atoms with Gasteiger partial charge in [-0.25, -0.2) is 13.1 Å². The molecular weight excluding hydrogens is 352 g/mol. The van der Waals surface area contributed by atoms with Crippen molar-refractivity contribution >= 4 is 15.9 Å². The van der Waals surface area contributed by atoms with Crippen molar-refractivity contribution in [3.63, 3.8) is 0 Å². The van der Waals surface area contributed by atoms with Gasteiger partial charge in [0.2, 0.25) is 15.9 Å². The molecule has 1 aromatic rings. The Labute approximate surface area is 156 Å². The van der Waals surface area contributed by atoms with E-state index in [4.69, 9.17) is 4.74 Å². The Balaban J connectivity index is 2.03. The van der Waals surface area contributed by atoms with Gasteiger partial charge >= 0.3 is 0 Å². The van der Waals surface area contributed by atoms with Crippen LogP contribution in [-0.4, -0.2) is 33.7 Å². The Kier molecular flexibility index (Phi) is 7.90. The summed E-state index contributed by atoms with van der Waals surface area (Å²) in [5.74, 6) is 0.568. The third kappa shape index (κ3) is 7.33. The SMILES string of the molecule is COc1ccc(C(CC(=O)NC2CCCCCCC2)NS(C)(=O)=O)cc1. The van der Waals surface area contributed by atoms with Gasteiger partial charge in [0, 0.05) is 12.5 Å². The lowest BCUT2D eigenvalue weighted by Crippen LogP contribution is -2.38. The van der Waals surface area contributed by atoms with Crippen molar-refractivity contribution in [1.29, 1.82) is 0 Å². The normalized spacial score (nSPS) is 17.8. The third-order valence-corrected chi connectivity index (χ3v) is 5.45. The van der Waals surface area contributed by atoms with E-state index in [-0.39, 0.29) is 18.4 Å². The van der Waals surface area contributed by atoms with Gasteiger partial charge in [-0.15, -0.1) is 0 Å². The lowest BCUT2D eigenvalue weighted by Gasteiger charge is -2.23. The van der Waals surface area contributed by atoms with E-state index in [0.717, 1.165) is 37.5 Å². The van der Waals surface area contributed by atoms with Crippen LogP contribution in [0, 0.1) is 0 Å². The number of rotatable bonds is 7. The maximum absolute atomic E-state index is 12.5. The molecule has 1 saturated carbocycles. The molecule has 1 aromatic carbocycles. The summed E-state index contributed by atoms with van der Waals surface area (Å²) in [6.07, 6.45) is 9.16. The second kappa shape index (κ2) is 9.92. The minimum absolute atomic E-state index is 0.0793. The molecule has 0 spiro atoms. The topological polar surface area (TPSA) is 84.5 Å². The molecular formula is C19H30N2O4S. The van der Waals surface area contributed by atoms with Crippen LogP contribution in [0.15, 0.2) is 24.3 Å². The fourth-order valence-corrected chi connectivity index (χ4v) is 4.13. The van der Waals surface area contributed by atoms with E-state index < -0.39 is 16.1 Å². The van der Waals surface area contributed by atoms with E-state index >= 15 is 0 Å². The zero-order valence-electron chi connectivity index (χ0n) is 15.7. The van der Waals surface area contributed by atoms with E-state index in [1.807, 2.05) is 0 Å². The predicted molar refractivity (Wildman–Crippen MR) is 103 cm³/mol. The molecule has 7 heteroatoms. The van der Waals surface area contributed by atoms with Crippen molar-refractivity contribution in [2.45, 2.75) is 63.5 Å². The Morgan fingerprint density at radius 1 is 1.12 bits per heavy atom. The number of hydrogen-bond donors (Lipinski definition) is 2.